The molecule has 1 saturated carbocycles. The van der Waals surface area contributed by atoms with Gasteiger partial charge in [-0.2, -0.15) is 0 Å². The summed E-state index contributed by atoms with van der Waals surface area (Å²) < 4.78 is 10.5. The average molecular weight is 688 g/mol. The smallest absolute Gasteiger partial charge is 0.432 e. The van der Waals surface area contributed by atoms with Gasteiger partial charge < -0.3 is 35.6 Å². The van der Waals surface area contributed by atoms with Crippen LogP contribution in [0, 0.1) is 28.6 Å². The quantitative estimate of drug-likeness (QED) is 0.0474. The Bertz CT molecular complexity index is 1110. The molecule has 0 amide bonds. The lowest BCUT2D eigenvalue weighted by Crippen LogP contribution is -2.53. The summed E-state index contributed by atoms with van der Waals surface area (Å²) in [5, 5.41) is 13.5. The van der Waals surface area contributed by atoms with E-state index in [1.54, 1.807) is 13.8 Å². The first-order valence-corrected chi connectivity index (χ1v) is 18.1. The highest BCUT2D eigenvalue weighted by atomic mass is 16.7. The van der Waals surface area contributed by atoms with Gasteiger partial charge in [0.15, 0.2) is 0 Å². The third-order valence-electron chi connectivity index (χ3n) is 9.21. The summed E-state index contributed by atoms with van der Waals surface area (Å²) in [6, 6.07) is -0.376. The van der Waals surface area contributed by atoms with Gasteiger partial charge in [-0.05, 0) is 55.9 Å². The Labute approximate surface area is 300 Å². The van der Waals surface area contributed by atoms with Crippen molar-refractivity contribution in [2.24, 2.45) is 28.6 Å². The minimum absolute atomic E-state index is 0.0490. The Balaban J connectivity index is 0.00000300. The molecule has 0 aromatic heterocycles. The third-order valence-corrected chi connectivity index (χ3v) is 9.21. The average Bonchev–Trinajstić information content (AvgIpc) is 3.33. The molecule has 282 valence electrons. The van der Waals surface area contributed by atoms with Gasteiger partial charge in [-0.15, -0.1) is 6.58 Å². The Hall–Kier alpha value is -3.20. The minimum Gasteiger partial charge on any atom is -0.432 e. The van der Waals surface area contributed by atoms with Crippen LogP contribution < -0.4 is 21.3 Å². The molecule has 2 aliphatic rings. The van der Waals surface area contributed by atoms with Gasteiger partial charge in [-0.25, -0.2) is 4.79 Å². The first-order valence-electron chi connectivity index (χ1n) is 18.1. The Morgan fingerprint density at radius 1 is 1.04 bits per heavy atom. The zero-order valence-corrected chi connectivity index (χ0v) is 33.4. The van der Waals surface area contributed by atoms with Crippen LogP contribution in [0.5, 0.6) is 0 Å². The largest absolute Gasteiger partial charge is 0.508 e. The molecule has 1 saturated heterocycles. The normalized spacial score (nSPS) is 20.5. The van der Waals surface area contributed by atoms with Crippen LogP contribution in [0.1, 0.15) is 95.9 Å². The summed E-state index contributed by atoms with van der Waals surface area (Å²) in [7, 11) is 1.89. The van der Waals surface area contributed by atoms with Gasteiger partial charge in [-0.1, -0.05) is 108 Å². The van der Waals surface area contributed by atoms with E-state index in [9.17, 15) is 9.59 Å². The topological polar surface area (TPSA) is 104 Å². The van der Waals surface area contributed by atoms with Crippen molar-refractivity contribution in [3.8, 4) is 0 Å². The number of carbonyl (C=O) groups is 2. The van der Waals surface area contributed by atoms with Gasteiger partial charge in [0, 0.05) is 30.1 Å². The number of aldehydes is 1. The lowest BCUT2D eigenvalue weighted by molar-refractivity contribution is -0.105. The predicted octanol–water partition coefficient (Wildman–Crippen LogP) is 7.55. The second-order valence-electron chi connectivity index (χ2n) is 15.2. The first-order chi connectivity index (χ1) is 22.8. The van der Waals surface area contributed by atoms with Crippen LogP contribution in [-0.4, -0.2) is 74.4 Å². The van der Waals surface area contributed by atoms with Crippen LogP contribution in [-0.2, 0) is 14.3 Å². The standard InChI is InChI=1S/C34H58N4O4.C4H9N.C2H6/c1-15-16-27(22(6)18-39)35-23(7)30-29-26(34(29,13)14)17-38(30)24(8)31(33(10,11)12)37-25(9)36-28(20(2)3)19-41-32(40)42-21(4)5;1-3-4-5-2;1-2/h18,20-21,26-31,35-37H,6-9,15-17,19H2,1-5,10-14H3;3,5H,1,4H2,2H3;1-2H3/t26-,27?,28?,29-,30?,31?;;/m0../s1. The van der Waals surface area contributed by atoms with Crippen molar-refractivity contribution < 1.29 is 19.1 Å². The van der Waals surface area contributed by atoms with Crippen LogP contribution >= 0.6 is 0 Å². The summed E-state index contributed by atoms with van der Waals surface area (Å²) in [6.07, 6.45) is 3.50. The SMILES string of the molecule is C=C(NC(COC(=O)OC(C)C)C(C)C)NC(C(=C)N1C[C@H]2[C@@H](C1C(=C)NC(CCC)C(=C)C=O)C2(C)C)C(C)(C)C.C=CCNC.CC. The van der Waals surface area contributed by atoms with Gasteiger partial charge in [0.1, 0.15) is 12.9 Å². The van der Waals surface area contributed by atoms with E-state index in [4.69, 9.17) is 9.47 Å². The van der Waals surface area contributed by atoms with Crippen molar-refractivity contribution in [1.82, 2.24) is 26.2 Å². The zero-order chi connectivity index (χ0) is 38.3. The lowest BCUT2D eigenvalue weighted by atomic mass is 9.83. The molecular formula is C40H73N5O4. The molecule has 49 heavy (non-hydrogen) atoms. The fourth-order valence-corrected chi connectivity index (χ4v) is 6.35. The van der Waals surface area contributed by atoms with E-state index in [0.29, 0.717) is 23.2 Å². The van der Waals surface area contributed by atoms with Crippen LogP contribution in [0.25, 0.3) is 0 Å². The fraction of sp³-hybridized carbons (Fsp3) is 0.700. The third kappa shape index (κ3) is 13.9. The van der Waals surface area contributed by atoms with Crippen molar-refractivity contribution in [2.75, 3.05) is 26.7 Å². The maximum absolute atomic E-state index is 12.0. The van der Waals surface area contributed by atoms with E-state index < -0.39 is 6.16 Å². The molecule has 1 heterocycles. The summed E-state index contributed by atoms with van der Waals surface area (Å²) in [6.45, 7) is 47.8. The van der Waals surface area contributed by atoms with E-state index >= 15 is 0 Å². The van der Waals surface area contributed by atoms with Crippen molar-refractivity contribution in [3.05, 3.63) is 61.8 Å². The monoisotopic (exact) mass is 688 g/mol. The van der Waals surface area contributed by atoms with Gasteiger partial charge >= 0.3 is 6.16 Å². The number of hydrogen-bond donors (Lipinski definition) is 4. The highest BCUT2D eigenvalue weighted by molar-refractivity contribution is 5.74. The number of likely N-dealkylation sites (N-methyl/N-ethyl adjacent to an activating group) is 1. The number of ether oxygens (including phenoxy) is 2. The molecule has 0 spiro atoms. The summed E-state index contributed by atoms with van der Waals surface area (Å²) in [5.41, 5.74) is 2.45. The number of nitrogens with zero attached hydrogens (tertiary/aromatic N) is 1. The Kier molecular flexibility index (Phi) is 19.7. The molecule has 1 aliphatic carbocycles. The van der Waals surface area contributed by atoms with E-state index in [1.807, 2.05) is 27.0 Å². The van der Waals surface area contributed by atoms with E-state index in [2.05, 4.69) is 114 Å². The maximum atomic E-state index is 12.0. The summed E-state index contributed by atoms with van der Waals surface area (Å²) in [4.78, 5) is 25.9. The fourth-order valence-electron chi connectivity index (χ4n) is 6.35. The number of fused-ring (bicyclic) bond motifs is 1. The minimum atomic E-state index is -0.676. The van der Waals surface area contributed by atoms with Crippen LogP contribution in [0.15, 0.2) is 61.8 Å². The van der Waals surface area contributed by atoms with E-state index in [1.165, 1.54) is 0 Å². The van der Waals surface area contributed by atoms with Crippen LogP contribution in [0.4, 0.5) is 4.79 Å². The summed E-state index contributed by atoms with van der Waals surface area (Å²) >= 11 is 0. The van der Waals surface area contributed by atoms with Crippen LogP contribution in [0.3, 0.4) is 0 Å². The second kappa shape index (κ2) is 21.1. The van der Waals surface area contributed by atoms with Gasteiger partial charge in [0.2, 0.25) is 0 Å². The number of carbonyl (C=O) groups excluding carboxylic acids is 2. The van der Waals surface area contributed by atoms with Gasteiger partial charge in [0.05, 0.1) is 36.1 Å². The molecule has 4 unspecified atom stereocenters. The summed E-state index contributed by atoms with van der Waals surface area (Å²) in [5.74, 6) is 1.79. The predicted molar refractivity (Wildman–Crippen MR) is 207 cm³/mol. The number of likely N-dealkylation sites (tertiary alicyclic amines) is 1. The number of rotatable bonds is 19. The lowest BCUT2D eigenvalue weighted by Gasteiger charge is -2.43. The van der Waals surface area contributed by atoms with Crippen molar-refractivity contribution in [1.29, 1.82) is 0 Å². The molecule has 4 N–H and O–H groups in total. The zero-order valence-electron chi connectivity index (χ0n) is 33.4. The number of piperidine rings is 1. The molecule has 2 rings (SSSR count). The highest BCUT2D eigenvalue weighted by Gasteiger charge is 2.67. The van der Waals surface area contributed by atoms with Crippen molar-refractivity contribution >= 4 is 12.4 Å². The molecule has 2 fully saturated rings. The Morgan fingerprint density at radius 2 is 1.63 bits per heavy atom. The molecule has 0 bridgehead atoms. The molecule has 1 aliphatic heterocycles. The maximum Gasteiger partial charge on any atom is 0.508 e. The molecule has 0 radical (unpaired) electrons. The molecule has 9 nitrogen and oxygen atoms in total. The number of hydrogen-bond acceptors (Lipinski definition) is 9. The Morgan fingerprint density at radius 3 is 2.06 bits per heavy atom. The molecule has 0 aromatic rings. The van der Waals surface area contributed by atoms with E-state index in [-0.39, 0.29) is 53.6 Å². The van der Waals surface area contributed by atoms with Crippen LogP contribution in [0.2, 0.25) is 0 Å². The van der Waals surface area contributed by atoms with Gasteiger partial charge in [-0.3, -0.25) is 4.79 Å². The van der Waals surface area contributed by atoms with E-state index in [0.717, 1.165) is 43.6 Å². The van der Waals surface area contributed by atoms with Crippen molar-refractivity contribution in [3.63, 3.8) is 0 Å². The highest BCUT2D eigenvalue weighted by Crippen LogP contribution is 2.66. The molecular weight excluding hydrogens is 614 g/mol. The molecule has 0 aromatic carbocycles. The first kappa shape index (κ1) is 45.8. The van der Waals surface area contributed by atoms with Gasteiger partial charge in [0.25, 0.3) is 0 Å². The number of nitrogens with one attached hydrogen (secondary N) is 4. The second-order valence-corrected chi connectivity index (χ2v) is 15.2. The molecule has 9 heteroatoms. The van der Waals surface area contributed by atoms with Crippen molar-refractivity contribution in [2.45, 2.75) is 126 Å². The molecule has 6 atom stereocenters.